The van der Waals surface area contributed by atoms with Gasteiger partial charge in [0.1, 0.15) is 5.82 Å². The minimum absolute atomic E-state index is 0.0467. The Kier molecular flexibility index (Phi) is 4.50. The number of carbonyl (C=O) groups is 1. The first-order valence-electron chi connectivity index (χ1n) is 11.5. The van der Waals surface area contributed by atoms with Crippen LogP contribution in [0.1, 0.15) is 37.2 Å². The standard InChI is InChI=1S/C25H27N7O/c1-15-12-32-22(14-31(15)25(33)26-2)23(29-24(32)16-7-8-16)19-6-4-5-17-9-21(27-11-20(17)19)18-10-28-30(3)13-18/h4-6,9-11,13,15-16H,7-8,12,14H2,1-3H3,(H,26,33). The number of nitrogens with zero attached hydrogens (tertiary/aromatic N) is 6. The molecule has 2 aliphatic rings. The molecule has 1 aliphatic heterocycles. The van der Waals surface area contributed by atoms with Gasteiger partial charge in [0.15, 0.2) is 0 Å². The van der Waals surface area contributed by atoms with E-state index in [1.54, 1.807) is 11.7 Å². The second-order valence-corrected chi connectivity index (χ2v) is 9.18. The Bertz CT molecular complexity index is 1380. The monoisotopic (exact) mass is 441 g/mol. The highest BCUT2D eigenvalue weighted by Crippen LogP contribution is 2.43. The van der Waals surface area contributed by atoms with Crippen LogP contribution in [0.4, 0.5) is 4.79 Å². The average Bonchev–Trinajstić information content (AvgIpc) is 3.48. The van der Waals surface area contributed by atoms with Crippen LogP contribution in [0.25, 0.3) is 33.3 Å². The van der Waals surface area contributed by atoms with Crippen LogP contribution in [-0.2, 0) is 20.1 Å². The molecule has 1 N–H and O–H groups in total. The van der Waals surface area contributed by atoms with Gasteiger partial charge in [-0.3, -0.25) is 9.67 Å². The number of fused-ring (bicyclic) bond motifs is 2. The van der Waals surface area contributed by atoms with Crippen molar-refractivity contribution < 1.29 is 4.79 Å². The molecule has 1 saturated carbocycles. The summed E-state index contributed by atoms with van der Waals surface area (Å²) in [6.45, 7) is 3.43. The number of amides is 2. The van der Waals surface area contributed by atoms with Crippen molar-refractivity contribution in [3.8, 4) is 22.5 Å². The molecule has 0 saturated heterocycles. The minimum atomic E-state index is -0.0467. The van der Waals surface area contributed by atoms with Crippen LogP contribution in [0.3, 0.4) is 0 Å². The fourth-order valence-corrected chi connectivity index (χ4v) is 4.92. The number of aromatic nitrogens is 5. The summed E-state index contributed by atoms with van der Waals surface area (Å²) in [6, 6.07) is 8.50. The van der Waals surface area contributed by atoms with Crippen LogP contribution in [0, 0.1) is 0 Å². The van der Waals surface area contributed by atoms with Crippen molar-refractivity contribution in [2.24, 2.45) is 7.05 Å². The summed E-state index contributed by atoms with van der Waals surface area (Å²) >= 11 is 0. The third-order valence-corrected chi connectivity index (χ3v) is 6.84. The van der Waals surface area contributed by atoms with E-state index in [9.17, 15) is 4.79 Å². The molecule has 1 aromatic carbocycles. The van der Waals surface area contributed by atoms with Gasteiger partial charge in [-0.15, -0.1) is 0 Å². The number of nitrogens with one attached hydrogen (secondary N) is 1. The van der Waals surface area contributed by atoms with Crippen molar-refractivity contribution in [3.63, 3.8) is 0 Å². The van der Waals surface area contributed by atoms with E-state index in [0.29, 0.717) is 12.5 Å². The van der Waals surface area contributed by atoms with E-state index in [1.165, 1.54) is 18.7 Å². The van der Waals surface area contributed by atoms with Gasteiger partial charge in [0.05, 0.1) is 29.8 Å². The maximum Gasteiger partial charge on any atom is 0.317 e. The largest absolute Gasteiger partial charge is 0.341 e. The Balaban J connectivity index is 1.49. The highest BCUT2D eigenvalue weighted by Gasteiger charge is 2.36. The zero-order valence-corrected chi connectivity index (χ0v) is 19.1. The summed E-state index contributed by atoms with van der Waals surface area (Å²) in [7, 11) is 3.60. The van der Waals surface area contributed by atoms with Crippen molar-refractivity contribution in [2.45, 2.75) is 44.8 Å². The number of rotatable bonds is 3. The molecule has 0 radical (unpaired) electrons. The van der Waals surface area contributed by atoms with Crippen molar-refractivity contribution >= 4 is 16.8 Å². The van der Waals surface area contributed by atoms with Gasteiger partial charge in [0.25, 0.3) is 0 Å². The fourth-order valence-electron chi connectivity index (χ4n) is 4.92. The molecular weight excluding hydrogens is 414 g/mol. The molecule has 1 atom stereocenters. The highest BCUT2D eigenvalue weighted by molar-refractivity contribution is 5.97. The van der Waals surface area contributed by atoms with E-state index in [2.05, 4.69) is 46.2 Å². The molecule has 168 valence electrons. The average molecular weight is 442 g/mol. The lowest BCUT2D eigenvalue weighted by Crippen LogP contribution is -2.48. The van der Waals surface area contributed by atoms with E-state index < -0.39 is 0 Å². The van der Waals surface area contributed by atoms with Crippen molar-refractivity contribution in [1.29, 1.82) is 0 Å². The summed E-state index contributed by atoms with van der Waals surface area (Å²) < 4.78 is 4.15. The second-order valence-electron chi connectivity index (χ2n) is 9.18. The summed E-state index contributed by atoms with van der Waals surface area (Å²) in [5.41, 5.74) is 5.05. The second kappa shape index (κ2) is 7.43. The number of aryl methyl sites for hydroxylation is 1. The molecule has 4 heterocycles. The first kappa shape index (κ1) is 20.0. The quantitative estimate of drug-likeness (QED) is 0.523. The zero-order valence-electron chi connectivity index (χ0n) is 19.1. The van der Waals surface area contributed by atoms with Gasteiger partial charge in [-0.25, -0.2) is 9.78 Å². The number of pyridine rings is 1. The predicted octanol–water partition coefficient (Wildman–Crippen LogP) is 3.92. The molecule has 8 nitrogen and oxygen atoms in total. The summed E-state index contributed by atoms with van der Waals surface area (Å²) in [5.74, 6) is 1.70. The molecule has 0 bridgehead atoms. The molecule has 6 rings (SSSR count). The molecule has 0 spiro atoms. The predicted molar refractivity (Wildman–Crippen MR) is 127 cm³/mol. The van der Waals surface area contributed by atoms with E-state index in [-0.39, 0.29) is 12.1 Å². The molecule has 1 unspecified atom stereocenters. The molecular formula is C25H27N7O. The molecule has 4 aromatic rings. The Hall–Kier alpha value is -3.68. The Morgan fingerprint density at radius 1 is 1.21 bits per heavy atom. The van der Waals surface area contributed by atoms with E-state index in [1.807, 2.05) is 30.5 Å². The lowest BCUT2D eigenvalue weighted by atomic mass is 10.0. The third kappa shape index (κ3) is 3.28. The smallest absolute Gasteiger partial charge is 0.317 e. The molecule has 33 heavy (non-hydrogen) atoms. The molecule has 8 heteroatoms. The summed E-state index contributed by atoms with van der Waals surface area (Å²) in [5, 5.41) is 9.25. The topological polar surface area (TPSA) is 80.9 Å². The minimum Gasteiger partial charge on any atom is -0.341 e. The first-order chi connectivity index (χ1) is 16.0. The normalized spacial score (nSPS) is 17.9. The number of carbonyl (C=O) groups excluding carboxylic acids is 1. The van der Waals surface area contributed by atoms with Crippen molar-refractivity contribution in [1.82, 2.24) is 34.5 Å². The lowest BCUT2D eigenvalue weighted by molar-refractivity contribution is 0.155. The van der Waals surface area contributed by atoms with Gasteiger partial charge in [0.2, 0.25) is 0 Å². The Labute approximate surface area is 192 Å². The van der Waals surface area contributed by atoms with E-state index in [0.717, 1.165) is 45.5 Å². The van der Waals surface area contributed by atoms with Gasteiger partial charge in [0, 0.05) is 61.5 Å². The number of urea groups is 1. The van der Waals surface area contributed by atoms with Crippen LogP contribution >= 0.6 is 0 Å². The molecule has 1 aliphatic carbocycles. The van der Waals surface area contributed by atoms with Crippen LogP contribution < -0.4 is 5.32 Å². The lowest BCUT2D eigenvalue weighted by Gasteiger charge is -2.35. The molecule has 2 amide bonds. The van der Waals surface area contributed by atoms with Gasteiger partial charge in [-0.1, -0.05) is 18.2 Å². The SMILES string of the molecule is CNC(=O)N1Cc2c(-c3cccc4cc(-c5cnn(C)c5)ncc34)nc(C3CC3)n2CC1C. The number of hydrogen-bond donors (Lipinski definition) is 1. The third-order valence-electron chi connectivity index (χ3n) is 6.84. The summed E-state index contributed by atoms with van der Waals surface area (Å²) in [4.78, 5) is 24.4. The van der Waals surface area contributed by atoms with E-state index >= 15 is 0 Å². The van der Waals surface area contributed by atoms with Crippen LogP contribution in [0.5, 0.6) is 0 Å². The molecule has 1 fully saturated rings. The van der Waals surface area contributed by atoms with E-state index in [4.69, 9.17) is 9.97 Å². The van der Waals surface area contributed by atoms with Crippen LogP contribution in [-0.4, -0.2) is 48.3 Å². The van der Waals surface area contributed by atoms with Crippen molar-refractivity contribution in [2.75, 3.05) is 7.05 Å². The van der Waals surface area contributed by atoms with Gasteiger partial charge in [-0.2, -0.15) is 5.10 Å². The first-order valence-corrected chi connectivity index (χ1v) is 11.5. The molecule has 3 aromatic heterocycles. The number of benzene rings is 1. The zero-order chi connectivity index (χ0) is 22.7. The van der Waals surface area contributed by atoms with Gasteiger partial charge >= 0.3 is 6.03 Å². The fraction of sp³-hybridized carbons (Fsp3) is 0.360. The maximum atomic E-state index is 12.5. The van der Waals surface area contributed by atoms with Crippen LogP contribution in [0.15, 0.2) is 42.9 Å². The Morgan fingerprint density at radius 2 is 2.06 bits per heavy atom. The number of hydrogen-bond acceptors (Lipinski definition) is 4. The Morgan fingerprint density at radius 3 is 2.79 bits per heavy atom. The van der Waals surface area contributed by atoms with Crippen LogP contribution in [0.2, 0.25) is 0 Å². The maximum absolute atomic E-state index is 12.5. The van der Waals surface area contributed by atoms with Gasteiger partial charge in [-0.05, 0) is 31.2 Å². The van der Waals surface area contributed by atoms with Gasteiger partial charge < -0.3 is 14.8 Å². The number of imidazole rings is 1. The summed E-state index contributed by atoms with van der Waals surface area (Å²) in [6.07, 6.45) is 8.13. The highest BCUT2D eigenvalue weighted by atomic mass is 16.2. The van der Waals surface area contributed by atoms with Crippen molar-refractivity contribution in [3.05, 3.63) is 54.4 Å².